The third-order valence-electron chi connectivity index (χ3n) is 5.20. The van der Waals surface area contributed by atoms with Crippen molar-refractivity contribution < 1.29 is 9.53 Å². The first-order valence-electron chi connectivity index (χ1n) is 10.1. The molecule has 1 aliphatic rings. The number of anilines is 1. The fraction of sp³-hybridized carbons (Fsp3) is 0.304. The maximum Gasteiger partial charge on any atom is 0.227 e. The summed E-state index contributed by atoms with van der Waals surface area (Å²) in [7, 11) is 0. The summed E-state index contributed by atoms with van der Waals surface area (Å²) in [5.41, 5.74) is 3.14. The van der Waals surface area contributed by atoms with E-state index in [0.29, 0.717) is 26.1 Å². The summed E-state index contributed by atoms with van der Waals surface area (Å²) in [5.74, 6) is 1.94. The highest BCUT2D eigenvalue weighted by molar-refractivity contribution is 5.79. The molecule has 1 aromatic heterocycles. The zero-order valence-electron chi connectivity index (χ0n) is 16.7. The molecule has 4 rings (SSSR count). The van der Waals surface area contributed by atoms with Gasteiger partial charge in [-0.2, -0.15) is 5.10 Å². The Morgan fingerprint density at radius 1 is 1.03 bits per heavy atom. The topological polar surface area (TPSA) is 61.5 Å². The number of nitrogens with zero attached hydrogens (tertiary/aromatic N) is 3. The Labute approximate surface area is 171 Å². The summed E-state index contributed by atoms with van der Waals surface area (Å²) in [4.78, 5) is 16.8. The average molecular weight is 390 g/mol. The fourth-order valence-electron chi connectivity index (χ4n) is 3.58. The van der Waals surface area contributed by atoms with Crippen LogP contribution in [0.15, 0.2) is 60.7 Å². The third-order valence-corrected chi connectivity index (χ3v) is 5.20. The number of hydrogen-bond donors (Lipinski definition) is 1. The molecule has 2 aromatic carbocycles. The van der Waals surface area contributed by atoms with Gasteiger partial charge >= 0.3 is 0 Å². The Bertz CT molecular complexity index is 929. The summed E-state index contributed by atoms with van der Waals surface area (Å²) in [6.07, 6.45) is 0.424. The van der Waals surface area contributed by atoms with Crippen molar-refractivity contribution >= 4 is 11.7 Å². The lowest BCUT2D eigenvalue weighted by Crippen LogP contribution is -2.49. The minimum atomic E-state index is 0.167. The molecular formula is C23H26N4O2. The van der Waals surface area contributed by atoms with Crippen molar-refractivity contribution in [3.05, 3.63) is 66.2 Å². The van der Waals surface area contributed by atoms with Crippen LogP contribution in [0.25, 0.3) is 11.3 Å². The van der Waals surface area contributed by atoms with Gasteiger partial charge in [0.15, 0.2) is 5.82 Å². The highest BCUT2D eigenvalue weighted by atomic mass is 16.5. The van der Waals surface area contributed by atoms with Gasteiger partial charge in [-0.05, 0) is 30.2 Å². The van der Waals surface area contributed by atoms with E-state index in [4.69, 9.17) is 4.74 Å². The summed E-state index contributed by atoms with van der Waals surface area (Å²) in [5, 5.41) is 7.58. The lowest BCUT2D eigenvalue weighted by molar-refractivity contribution is -0.130. The molecule has 0 aliphatic carbocycles. The van der Waals surface area contributed by atoms with Crippen molar-refractivity contribution in [3.8, 4) is 17.0 Å². The van der Waals surface area contributed by atoms with Gasteiger partial charge in [0, 0.05) is 32.2 Å². The molecule has 1 fully saturated rings. The molecule has 2 heterocycles. The average Bonchev–Trinajstić information content (AvgIpc) is 3.26. The van der Waals surface area contributed by atoms with Gasteiger partial charge in [-0.1, -0.05) is 42.5 Å². The Morgan fingerprint density at radius 3 is 2.45 bits per heavy atom. The van der Waals surface area contributed by atoms with E-state index in [1.165, 1.54) is 0 Å². The van der Waals surface area contributed by atoms with Crippen LogP contribution >= 0.6 is 0 Å². The standard InChI is InChI=1S/C23H26N4O2/c1-2-29-20-10-8-18(9-11-20)16-23(28)27-14-12-26(13-15-27)22-17-21(24-25-22)19-6-4-3-5-7-19/h3-11,17H,2,12-16H2,1H3,(H,24,25). The highest BCUT2D eigenvalue weighted by Crippen LogP contribution is 2.22. The van der Waals surface area contributed by atoms with Crippen molar-refractivity contribution in [1.29, 1.82) is 0 Å². The van der Waals surface area contributed by atoms with Gasteiger partial charge in [-0.3, -0.25) is 9.89 Å². The molecule has 0 saturated carbocycles. The lowest BCUT2D eigenvalue weighted by atomic mass is 10.1. The highest BCUT2D eigenvalue weighted by Gasteiger charge is 2.22. The van der Waals surface area contributed by atoms with Crippen LogP contribution in [-0.4, -0.2) is 53.8 Å². The molecule has 1 saturated heterocycles. The maximum absolute atomic E-state index is 12.7. The van der Waals surface area contributed by atoms with Gasteiger partial charge in [0.05, 0.1) is 18.7 Å². The second kappa shape index (κ2) is 8.82. The van der Waals surface area contributed by atoms with Gasteiger partial charge < -0.3 is 14.5 Å². The first-order chi connectivity index (χ1) is 14.2. The molecule has 1 N–H and O–H groups in total. The number of carbonyl (C=O) groups is 1. The minimum absolute atomic E-state index is 0.167. The molecule has 150 valence electrons. The van der Waals surface area contributed by atoms with E-state index in [1.807, 2.05) is 54.3 Å². The number of piperazine rings is 1. The van der Waals surface area contributed by atoms with Crippen molar-refractivity contribution in [2.75, 3.05) is 37.7 Å². The molecule has 1 amide bonds. The molecule has 0 bridgehead atoms. The van der Waals surface area contributed by atoms with Crippen molar-refractivity contribution in [2.45, 2.75) is 13.3 Å². The number of aromatic nitrogens is 2. The summed E-state index contributed by atoms with van der Waals surface area (Å²) in [6.45, 7) is 5.60. The predicted molar refractivity (Wildman–Crippen MR) is 114 cm³/mol. The van der Waals surface area contributed by atoms with Gasteiger partial charge in [-0.15, -0.1) is 0 Å². The van der Waals surface area contributed by atoms with Gasteiger partial charge in [0.25, 0.3) is 0 Å². The SMILES string of the molecule is CCOc1ccc(CC(=O)N2CCN(c3cc(-c4ccccc4)[nH]n3)CC2)cc1. The largest absolute Gasteiger partial charge is 0.494 e. The minimum Gasteiger partial charge on any atom is -0.494 e. The Hall–Kier alpha value is -3.28. The lowest BCUT2D eigenvalue weighted by Gasteiger charge is -2.34. The Morgan fingerprint density at radius 2 is 1.76 bits per heavy atom. The molecule has 3 aromatic rings. The number of H-pyrrole nitrogens is 1. The van der Waals surface area contributed by atoms with Crippen LogP contribution in [0.5, 0.6) is 5.75 Å². The number of benzene rings is 2. The number of carbonyl (C=O) groups excluding carboxylic acids is 1. The molecule has 0 radical (unpaired) electrons. The van der Waals surface area contributed by atoms with Crippen LogP contribution in [0.1, 0.15) is 12.5 Å². The number of ether oxygens (including phenoxy) is 1. The smallest absolute Gasteiger partial charge is 0.227 e. The van der Waals surface area contributed by atoms with E-state index in [2.05, 4.69) is 33.3 Å². The quantitative estimate of drug-likeness (QED) is 0.701. The third kappa shape index (κ3) is 4.59. The van der Waals surface area contributed by atoms with Crippen LogP contribution in [0.2, 0.25) is 0 Å². The number of rotatable bonds is 6. The molecule has 0 unspecified atom stereocenters. The van der Waals surface area contributed by atoms with E-state index in [1.54, 1.807) is 0 Å². The Kier molecular flexibility index (Phi) is 5.79. The molecule has 1 aliphatic heterocycles. The van der Waals surface area contributed by atoms with Crippen LogP contribution in [0.3, 0.4) is 0 Å². The van der Waals surface area contributed by atoms with Crippen molar-refractivity contribution in [3.63, 3.8) is 0 Å². The number of hydrogen-bond acceptors (Lipinski definition) is 4. The number of aromatic amines is 1. The van der Waals surface area contributed by atoms with Crippen LogP contribution in [-0.2, 0) is 11.2 Å². The first-order valence-corrected chi connectivity index (χ1v) is 10.1. The monoisotopic (exact) mass is 390 g/mol. The summed E-state index contributed by atoms with van der Waals surface area (Å²) >= 11 is 0. The van der Waals surface area contributed by atoms with Gasteiger partial charge in [0.1, 0.15) is 5.75 Å². The second-order valence-corrected chi connectivity index (χ2v) is 7.13. The van der Waals surface area contributed by atoms with Crippen LogP contribution < -0.4 is 9.64 Å². The van der Waals surface area contributed by atoms with Gasteiger partial charge in [-0.25, -0.2) is 0 Å². The van der Waals surface area contributed by atoms with E-state index in [9.17, 15) is 4.79 Å². The molecule has 29 heavy (non-hydrogen) atoms. The molecule has 0 spiro atoms. The predicted octanol–water partition coefficient (Wildman–Crippen LogP) is 3.37. The zero-order chi connectivity index (χ0) is 20.1. The Balaban J connectivity index is 1.31. The number of amides is 1. The normalized spacial score (nSPS) is 14.1. The molecule has 0 atom stereocenters. The van der Waals surface area contributed by atoms with Crippen molar-refractivity contribution in [2.24, 2.45) is 0 Å². The van der Waals surface area contributed by atoms with E-state index < -0.39 is 0 Å². The van der Waals surface area contributed by atoms with E-state index in [0.717, 1.165) is 41.5 Å². The molecular weight excluding hydrogens is 364 g/mol. The molecule has 6 heteroatoms. The fourth-order valence-corrected chi connectivity index (χ4v) is 3.58. The van der Waals surface area contributed by atoms with Crippen molar-refractivity contribution in [1.82, 2.24) is 15.1 Å². The molecule has 6 nitrogen and oxygen atoms in total. The van der Waals surface area contributed by atoms with E-state index in [-0.39, 0.29) is 5.91 Å². The van der Waals surface area contributed by atoms with Gasteiger partial charge in [0.2, 0.25) is 5.91 Å². The van der Waals surface area contributed by atoms with E-state index >= 15 is 0 Å². The van der Waals surface area contributed by atoms with Crippen LogP contribution in [0, 0.1) is 0 Å². The summed E-state index contributed by atoms with van der Waals surface area (Å²) < 4.78 is 5.46. The maximum atomic E-state index is 12.7. The first kappa shape index (κ1) is 19.1. The summed E-state index contributed by atoms with van der Waals surface area (Å²) in [6, 6.07) is 20.0. The zero-order valence-corrected chi connectivity index (χ0v) is 16.7. The second-order valence-electron chi connectivity index (χ2n) is 7.13. The number of nitrogens with one attached hydrogen (secondary N) is 1. The van der Waals surface area contributed by atoms with Crippen LogP contribution in [0.4, 0.5) is 5.82 Å².